The molecule has 0 aliphatic heterocycles. The first-order valence-electron chi connectivity index (χ1n) is 13.7. The lowest BCUT2D eigenvalue weighted by atomic mass is 9.65. The van der Waals surface area contributed by atoms with Crippen molar-refractivity contribution in [3.05, 3.63) is 0 Å². The van der Waals surface area contributed by atoms with E-state index in [0.717, 1.165) is 19.3 Å². The van der Waals surface area contributed by atoms with Gasteiger partial charge < -0.3 is 10.2 Å². The predicted octanol–water partition coefficient (Wildman–Crippen LogP) is 8.53. The van der Waals surface area contributed by atoms with Gasteiger partial charge in [0.05, 0.1) is 6.10 Å². The van der Waals surface area contributed by atoms with E-state index in [1.807, 2.05) is 0 Å². The van der Waals surface area contributed by atoms with Gasteiger partial charge in [-0.25, -0.2) is 0 Å². The molecule has 0 spiro atoms. The Labute approximate surface area is 193 Å². The first kappa shape index (κ1) is 28.5. The first-order valence-corrected chi connectivity index (χ1v) is 13.7. The van der Waals surface area contributed by atoms with Gasteiger partial charge in [-0.15, -0.1) is 0 Å². The van der Waals surface area contributed by atoms with E-state index in [4.69, 9.17) is 5.11 Å². The van der Waals surface area contributed by atoms with Gasteiger partial charge in [0, 0.05) is 6.42 Å². The molecular formula is C28H54O3. The highest BCUT2D eigenvalue weighted by atomic mass is 16.4. The second-order valence-electron chi connectivity index (χ2n) is 11.2. The fraction of sp³-hybridized carbons (Fsp3) is 0.964. The summed E-state index contributed by atoms with van der Waals surface area (Å²) in [4.78, 5) is 10.4. The number of carboxylic acid groups (broad SMARTS) is 1. The summed E-state index contributed by atoms with van der Waals surface area (Å²) in [7, 11) is 0. The normalized spacial score (nSPS) is 24.0. The van der Waals surface area contributed by atoms with E-state index in [2.05, 4.69) is 20.8 Å². The molecular weight excluding hydrogens is 384 g/mol. The molecule has 1 aliphatic carbocycles. The highest BCUT2D eigenvalue weighted by Gasteiger charge is 2.37. The number of carboxylic acids is 1. The van der Waals surface area contributed by atoms with E-state index in [0.29, 0.717) is 23.7 Å². The van der Waals surface area contributed by atoms with Crippen LogP contribution in [-0.4, -0.2) is 22.3 Å². The molecule has 0 aromatic heterocycles. The van der Waals surface area contributed by atoms with Crippen LogP contribution in [0.2, 0.25) is 0 Å². The SMILES string of the molecule is CC(C)C1CCC(C)(CCCCCCCCCCCCCCCCCC(=O)O)CC1O. The number of aliphatic hydroxyl groups is 1. The van der Waals surface area contributed by atoms with Gasteiger partial charge in [-0.3, -0.25) is 4.79 Å². The molecule has 1 rings (SSSR count). The molecule has 3 unspecified atom stereocenters. The average Bonchev–Trinajstić information content (AvgIpc) is 2.69. The minimum absolute atomic E-state index is 0.0810. The van der Waals surface area contributed by atoms with Crippen molar-refractivity contribution in [3.63, 3.8) is 0 Å². The summed E-state index contributed by atoms with van der Waals surface area (Å²) in [5.41, 5.74) is 0.378. The smallest absolute Gasteiger partial charge is 0.303 e. The number of unbranched alkanes of at least 4 members (excludes halogenated alkanes) is 14. The lowest BCUT2D eigenvalue weighted by Gasteiger charge is -2.42. The highest BCUT2D eigenvalue weighted by Crippen LogP contribution is 2.44. The molecule has 2 N–H and O–H groups in total. The zero-order valence-electron chi connectivity index (χ0n) is 21.2. The van der Waals surface area contributed by atoms with Crippen LogP contribution in [0.15, 0.2) is 0 Å². The third-order valence-corrected chi connectivity index (χ3v) is 7.80. The summed E-state index contributed by atoms with van der Waals surface area (Å²) in [6.45, 7) is 6.92. The lowest BCUT2D eigenvalue weighted by Crippen LogP contribution is -2.37. The molecule has 0 amide bonds. The summed E-state index contributed by atoms with van der Waals surface area (Å²) in [6, 6.07) is 0. The Bertz CT molecular complexity index is 448. The maximum Gasteiger partial charge on any atom is 0.303 e. The van der Waals surface area contributed by atoms with Crippen molar-refractivity contribution in [2.75, 3.05) is 0 Å². The van der Waals surface area contributed by atoms with Gasteiger partial charge in [0.15, 0.2) is 0 Å². The Hall–Kier alpha value is -0.570. The molecule has 31 heavy (non-hydrogen) atoms. The number of aliphatic hydroxyl groups excluding tert-OH is 1. The van der Waals surface area contributed by atoms with Crippen LogP contribution < -0.4 is 0 Å². The van der Waals surface area contributed by atoms with Crippen LogP contribution in [0.25, 0.3) is 0 Å². The third-order valence-electron chi connectivity index (χ3n) is 7.80. The monoisotopic (exact) mass is 438 g/mol. The van der Waals surface area contributed by atoms with Crippen molar-refractivity contribution < 1.29 is 15.0 Å². The van der Waals surface area contributed by atoms with E-state index >= 15 is 0 Å². The standard InChI is InChI=1S/C28H54O3/c1-24(2)25-20-22-28(3,23-26(25)29)21-18-16-14-12-10-8-6-4-5-7-9-11-13-15-17-19-27(30)31/h24-26,29H,4-23H2,1-3H3,(H,30,31). The second-order valence-corrected chi connectivity index (χ2v) is 11.2. The fourth-order valence-electron chi connectivity index (χ4n) is 5.60. The number of hydrogen-bond donors (Lipinski definition) is 2. The van der Waals surface area contributed by atoms with E-state index < -0.39 is 5.97 Å². The van der Waals surface area contributed by atoms with Crippen molar-refractivity contribution >= 4 is 5.97 Å². The summed E-state index contributed by atoms with van der Waals surface area (Å²) in [5.74, 6) is 0.472. The van der Waals surface area contributed by atoms with Gasteiger partial charge in [0.2, 0.25) is 0 Å². The lowest BCUT2D eigenvalue weighted by molar-refractivity contribution is -0.137. The van der Waals surface area contributed by atoms with Gasteiger partial charge in [-0.1, -0.05) is 111 Å². The predicted molar refractivity (Wildman–Crippen MR) is 132 cm³/mol. The third kappa shape index (κ3) is 14.2. The maximum atomic E-state index is 10.5. The Morgan fingerprint density at radius 3 is 1.61 bits per heavy atom. The van der Waals surface area contributed by atoms with Crippen LogP contribution in [0.5, 0.6) is 0 Å². The first-order chi connectivity index (χ1) is 14.8. The molecule has 3 heteroatoms. The van der Waals surface area contributed by atoms with Gasteiger partial charge in [0.1, 0.15) is 0 Å². The molecule has 1 saturated carbocycles. The van der Waals surface area contributed by atoms with Crippen LogP contribution >= 0.6 is 0 Å². The van der Waals surface area contributed by atoms with E-state index in [1.165, 1.54) is 103 Å². The number of carbonyl (C=O) groups is 1. The summed E-state index contributed by atoms with van der Waals surface area (Å²) in [6.07, 6.45) is 24.6. The average molecular weight is 439 g/mol. The molecule has 1 fully saturated rings. The van der Waals surface area contributed by atoms with E-state index in [9.17, 15) is 9.90 Å². The van der Waals surface area contributed by atoms with Crippen molar-refractivity contribution in [2.45, 2.75) is 155 Å². The molecule has 0 aromatic carbocycles. The van der Waals surface area contributed by atoms with Crippen LogP contribution in [0, 0.1) is 17.3 Å². The molecule has 1 aliphatic rings. The number of hydrogen-bond acceptors (Lipinski definition) is 2. The quantitative estimate of drug-likeness (QED) is 0.199. The summed E-state index contributed by atoms with van der Waals surface area (Å²) >= 11 is 0. The minimum Gasteiger partial charge on any atom is -0.481 e. The topological polar surface area (TPSA) is 57.5 Å². The summed E-state index contributed by atoms with van der Waals surface area (Å²) < 4.78 is 0. The molecule has 3 nitrogen and oxygen atoms in total. The van der Waals surface area contributed by atoms with Crippen molar-refractivity contribution in [3.8, 4) is 0 Å². The molecule has 0 bridgehead atoms. The molecule has 0 heterocycles. The highest BCUT2D eigenvalue weighted by molar-refractivity contribution is 5.66. The number of rotatable bonds is 19. The van der Waals surface area contributed by atoms with E-state index in [-0.39, 0.29) is 6.10 Å². The second kappa shape index (κ2) is 17.0. The van der Waals surface area contributed by atoms with Gasteiger partial charge in [-0.2, -0.15) is 0 Å². The van der Waals surface area contributed by atoms with Gasteiger partial charge >= 0.3 is 5.97 Å². The fourth-order valence-corrected chi connectivity index (χ4v) is 5.60. The largest absolute Gasteiger partial charge is 0.481 e. The van der Waals surface area contributed by atoms with Crippen LogP contribution in [0.4, 0.5) is 0 Å². The molecule has 0 saturated heterocycles. The maximum absolute atomic E-state index is 10.5. The zero-order valence-corrected chi connectivity index (χ0v) is 21.2. The zero-order chi connectivity index (χ0) is 23.0. The van der Waals surface area contributed by atoms with Crippen molar-refractivity contribution in [2.24, 2.45) is 17.3 Å². The van der Waals surface area contributed by atoms with Crippen molar-refractivity contribution in [1.82, 2.24) is 0 Å². The van der Waals surface area contributed by atoms with Crippen LogP contribution in [0.1, 0.15) is 149 Å². The van der Waals surface area contributed by atoms with E-state index in [1.54, 1.807) is 0 Å². The Morgan fingerprint density at radius 2 is 1.23 bits per heavy atom. The molecule has 0 aromatic rings. The number of aliphatic carboxylic acids is 1. The Balaban J connectivity index is 1.83. The Morgan fingerprint density at radius 1 is 0.806 bits per heavy atom. The molecule has 0 radical (unpaired) electrons. The summed E-state index contributed by atoms with van der Waals surface area (Å²) in [5, 5.41) is 19.1. The Kier molecular flexibility index (Phi) is 15.6. The van der Waals surface area contributed by atoms with Crippen molar-refractivity contribution in [1.29, 1.82) is 0 Å². The van der Waals surface area contributed by atoms with Crippen LogP contribution in [-0.2, 0) is 4.79 Å². The van der Waals surface area contributed by atoms with Gasteiger partial charge in [0.25, 0.3) is 0 Å². The molecule has 3 atom stereocenters. The van der Waals surface area contributed by atoms with Gasteiger partial charge in [-0.05, 0) is 49.4 Å². The molecule has 184 valence electrons. The minimum atomic E-state index is -0.658. The van der Waals surface area contributed by atoms with Crippen LogP contribution in [0.3, 0.4) is 0 Å².